The van der Waals surface area contributed by atoms with Gasteiger partial charge in [-0.25, -0.2) is 10.2 Å². The average molecular weight is 242 g/mol. The van der Waals surface area contributed by atoms with Crippen LogP contribution in [0, 0.1) is 0 Å². The lowest BCUT2D eigenvalue weighted by atomic mass is 9.84. The molecule has 0 saturated heterocycles. The topological polar surface area (TPSA) is 59.6 Å². The third-order valence-corrected chi connectivity index (χ3v) is 4.35. The van der Waals surface area contributed by atoms with Crippen molar-refractivity contribution < 1.29 is 15.2 Å². The second kappa shape index (κ2) is 3.18. The lowest BCUT2D eigenvalue weighted by Crippen LogP contribution is -2.54. The fourth-order valence-corrected chi connectivity index (χ4v) is 2.30. The normalized spacial score (nSPS) is 22.9. The van der Waals surface area contributed by atoms with E-state index in [-0.39, 0.29) is 0 Å². The summed E-state index contributed by atoms with van der Waals surface area (Å²) in [7, 11) is 0. The van der Waals surface area contributed by atoms with Crippen LogP contribution in [0.15, 0.2) is 11.6 Å². The van der Waals surface area contributed by atoms with Crippen molar-refractivity contribution in [1.82, 2.24) is 10.0 Å². The van der Waals surface area contributed by atoms with E-state index in [1.807, 2.05) is 33.1 Å². The fraction of sp³-hybridized carbons (Fsp3) is 0.600. The van der Waals surface area contributed by atoms with Crippen LogP contribution in [-0.4, -0.2) is 42.1 Å². The SMILES string of the molecule is CC1(C)N(O)C(c2nccs2)=[N+](O)C1(C)C. The molecule has 16 heavy (non-hydrogen) atoms. The predicted octanol–water partition coefficient (Wildman–Crippen LogP) is 1.55. The van der Waals surface area contributed by atoms with Gasteiger partial charge in [-0.2, -0.15) is 0 Å². The molecule has 2 N–H and O–H groups in total. The van der Waals surface area contributed by atoms with E-state index in [1.165, 1.54) is 11.3 Å². The summed E-state index contributed by atoms with van der Waals surface area (Å²) < 4.78 is 1.09. The summed E-state index contributed by atoms with van der Waals surface area (Å²) in [6.45, 7) is 7.49. The van der Waals surface area contributed by atoms with Gasteiger partial charge < -0.3 is 5.21 Å². The molecule has 0 aliphatic carbocycles. The van der Waals surface area contributed by atoms with E-state index in [9.17, 15) is 10.4 Å². The van der Waals surface area contributed by atoms with E-state index in [0.717, 1.165) is 9.80 Å². The third-order valence-electron chi connectivity index (χ3n) is 3.58. The largest absolute Gasteiger partial charge is 0.378 e. The number of aromatic nitrogens is 1. The average Bonchev–Trinajstić information content (AvgIpc) is 2.73. The first kappa shape index (κ1) is 11.3. The summed E-state index contributed by atoms with van der Waals surface area (Å²) >= 11 is 1.38. The van der Waals surface area contributed by atoms with Crippen molar-refractivity contribution in [1.29, 1.82) is 0 Å². The number of hydroxylamine groups is 3. The van der Waals surface area contributed by atoms with Gasteiger partial charge in [0.2, 0.25) is 5.01 Å². The van der Waals surface area contributed by atoms with Crippen LogP contribution in [0.25, 0.3) is 0 Å². The number of thiazole rings is 1. The molecule has 1 aliphatic rings. The van der Waals surface area contributed by atoms with Crippen LogP contribution >= 0.6 is 11.3 Å². The number of hydrogen-bond donors (Lipinski definition) is 2. The predicted molar refractivity (Wildman–Crippen MR) is 60.1 cm³/mol. The van der Waals surface area contributed by atoms with Crippen molar-refractivity contribution in [3.05, 3.63) is 16.6 Å². The molecule has 5 nitrogen and oxygen atoms in total. The highest BCUT2D eigenvalue weighted by atomic mass is 32.1. The minimum Gasteiger partial charge on any atom is -0.354 e. The molecule has 0 saturated carbocycles. The third kappa shape index (κ3) is 1.20. The summed E-state index contributed by atoms with van der Waals surface area (Å²) in [5.74, 6) is 0.338. The van der Waals surface area contributed by atoms with Gasteiger partial charge in [0.15, 0.2) is 11.1 Å². The van der Waals surface area contributed by atoms with Crippen molar-refractivity contribution in [2.24, 2.45) is 0 Å². The van der Waals surface area contributed by atoms with Gasteiger partial charge in [-0.05, 0) is 27.7 Å². The van der Waals surface area contributed by atoms with Crippen LogP contribution < -0.4 is 0 Å². The van der Waals surface area contributed by atoms with Crippen LogP contribution in [0.1, 0.15) is 32.7 Å². The molecule has 2 rings (SSSR count). The Morgan fingerprint density at radius 1 is 1.38 bits per heavy atom. The Labute approximate surface area is 98.2 Å². The molecular formula is C10H16N3O2S+. The Morgan fingerprint density at radius 3 is 2.38 bits per heavy atom. The van der Waals surface area contributed by atoms with E-state index in [1.54, 1.807) is 6.20 Å². The first-order chi connectivity index (χ1) is 7.30. The first-order valence-corrected chi connectivity index (χ1v) is 5.93. The maximum Gasteiger partial charge on any atom is 0.378 e. The van der Waals surface area contributed by atoms with Crippen molar-refractivity contribution in [2.75, 3.05) is 0 Å². The molecule has 0 radical (unpaired) electrons. The molecule has 0 unspecified atom stereocenters. The van der Waals surface area contributed by atoms with Gasteiger partial charge >= 0.3 is 5.84 Å². The van der Waals surface area contributed by atoms with Gasteiger partial charge in [0, 0.05) is 11.6 Å². The first-order valence-electron chi connectivity index (χ1n) is 5.05. The second-order valence-corrected chi connectivity index (χ2v) is 5.80. The van der Waals surface area contributed by atoms with Crippen LogP contribution in [0.2, 0.25) is 0 Å². The van der Waals surface area contributed by atoms with E-state index in [4.69, 9.17) is 0 Å². The van der Waals surface area contributed by atoms with E-state index in [0.29, 0.717) is 10.8 Å². The maximum atomic E-state index is 10.2. The molecule has 88 valence electrons. The molecule has 1 aliphatic heterocycles. The molecule has 1 aromatic heterocycles. The monoisotopic (exact) mass is 242 g/mol. The van der Waals surface area contributed by atoms with E-state index < -0.39 is 11.1 Å². The van der Waals surface area contributed by atoms with Crippen LogP contribution in [0.4, 0.5) is 0 Å². The fourth-order valence-electron chi connectivity index (χ4n) is 1.65. The summed E-state index contributed by atoms with van der Waals surface area (Å²) in [4.78, 5) is 4.11. The molecule has 1 aromatic rings. The van der Waals surface area contributed by atoms with Crippen molar-refractivity contribution in [3.63, 3.8) is 0 Å². The Hall–Kier alpha value is -1.14. The quantitative estimate of drug-likeness (QED) is 0.579. The zero-order valence-corrected chi connectivity index (χ0v) is 10.6. The zero-order chi connectivity index (χ0) is 12.1. The van der Waals surface area contributed by atoms with Crippen molar-refractivity contribution in [2.45, 2.75) is 38.8 Å². The molecule has 6 heteroatoms. The van der Waals surface area contributed by atoms with E-state index in [2.05, 4.69) is 4.98 Å². The Balaban J connectivity index is 2.59. The van der Waals surface area contributed by atoms with Crippen molar-refractivity contribution >= 4 is 17.2 Å². The highest BCUT2D eigenvalue weighted by Gasteiger charge is 2.62. The van der Waals surface area contributed by atoms with Gasteiger partial charge in [-0.3, -0.25) is 0 Å². The van der Waals surface area contributed by atoms with Gasteiger partial charge in [-0.15, -0.1) is 16.4 Å². The minimum atomic E-state index is -0.594. The van der Waals surface area contributed by atoms with Gasteiger partial charge in [0.25, 0.3) is 0 Å². The highest BCUT2D eigenvalue weighted by Crippen LogP contribution is 2.36. The lowest BCUT2D eigenvalue weighted by Gasteiger charge is -2.29. The summed E-state index contributed by atoms with van der Waals surface area (Å²) in [6, 6.07) is 0. The zero-order valence-electron chi connectivity index (χ0n) is 9.80. The number of hydrogen-bond acceptors (Lipinski definition) is 5. The number of nitrogens with zero attached hydrogens (tertiary/aromatic N) is 3. The number of amidine groups is 1. The molecule has 2 heterocycles. The standard InChI is InChI=1S/C10H16N3O2S/c1-9(2)10(3,4)13(15)8(12(9)14)7-11-5-6-16-7/h5-6,14-15H,1-4H3/q+1. The van der Waals surface area contributed by atoms with Crippen LogP contribution in [0.5, 0.6) is 0 Å². The smallest absolute Gasteiger partial charge is 0.354 e. The Morgan fingerprint density at radius 2 is 2.00 bits per heavy atom. The van der Waals surface area contributed by atoms with Crippen LogP contribution in [-0.2, 0) is 0 Å². The second-order valence-electron chi connectivity index (χ2n) is 4.90. The van der Waals surface area contributed by atoms with E-state index >= 15 is 0 Å². The molecular weight excluding hydrogens is 226 g/mol. The molecule has 0 atom stereocenters. The van der Waals surface area contributed by atoms with Crippen LogP contribution in [0.3, 0.4) is 0 Å². The molecule has 0 amide bonds. The maximum absolute atomic E-state index is 10.2. The molecule has 0 fully saturated rings. The minimum absolute atomic E-state index is 0.338. The molecule has 0 spiro atoms. The highest BCUT2D eigenvalue weighted by molar-refractivity contribution is 7.11. The Kier molecular flexibility index (Phi) is 2.25. The summed E-state index contributed by atoms with van der Waals surface area (Å²) in [6.07, 6.45) is 1.65. The Bertz CT molecular complexity index is 437. The van der Waals surface area contributed by atoms with Crippen molar-refractivity contribution in [3.8, 4) is 0 Å². The summed E-state index contributed by atoms with van der Waals surface area (Å²) in [5.41, 5.74) is -1.19. The molecule has 0 bridgehead atoms. The molecule has 0 aromatic carbocycles. The van der Waals surface area contributed by atoms with Gasteiger partial charge in [-0.1, -0.05) is 4.74 Å². The van der Waals surface area contributed by atoms with Gasteiger partial charge in [0.05, 0.1) is 0 Å². The number of rotatable bonds is 1. The summed E-state index contributed by atoms with van der Waals surface area (Å²) in [5, 5.41) is 23.8. The van der Waals surface area contributed by atoms with Gasteiger partial charge in [0.1, 0.15) is 0 Å². The lowest BCUT2D eigenvalue weighted by molar-refractivity contribution is -0.820.